The molecule has 232 valence electrons. The SMILES string of the molecule is CSCC[C@H](NC(=O)c1ccc(CO[C@H](COCCC(C)(C)C)CC2CCCCC2)cc1-c1ccccc1C)C(=O)[O-]. The van der Waals surface area contributed by atoms with Crippen molar-refractivity contribution in [1.82, 2.24) is 5.32 Å². The van der Waals surface area contributed by atoms with Crippen LogP contribution in [0.1, 0.15) is 93.6 Å². The number of hydrogen-bond donors (Lipinski definition) is 1. The molecular formula is C35H50NO5S-. The number of hydrogen-bond acceptors (Lipinski definition) is 6. The monoisotopic (exact) mass is 596 g/mol. The first-order valence-electron chi connectivity index (χ1n) is 15.5. The molecule has 0 heterocycles. The number of amides is 1. The Bertz CT molecular complexity index is 1140. The van der Waals surface area contributed by atoms with Crippen LogP contribution in [0.3, 0.4) is 0 Å². The Morgan fingerprint density at radius 2 is 1.81 bits per heavy atom. The number of benzene rings is 2. The quantitative estimate of drug-likeness (QED) is 0.221. The van der Waals surface area contributed by atoms with Gasteiger partial charge in [0.1, 0.15) is 0 Å². The van der Waals surface area contributed by atoms with Gasteiger partial charge in [0.25, 0.3) is 5.91 Å². The fourth-order valence-electron chi connectivity index (χ4n) is 5.48. The molecule has 1 amide bonds. The van der Waals surface area contributed by atoms with E-state index in [1.165, 1.54) is 43.9 Å². The minimum Gasteiger partial charge on any atom is -0.548 e. The second kappa shape index (κ2) is 17.1. The Kier molecular flexibility index (Phi) is 13.9. The van der Waals surface area contributed by atoms with E-state index in [0.717, 1.165) is 41.7 Å². The van der Waals surface area contributed by atoms with E-state index in [1.807, 2.05) is 49.6 Å². The molecule has 0 aromatic heterocycles. The molecule has 1 aliphatic rings. The minimum absolute atomic E-state index is 0.0122. The highest BCUT2D eigenvalue weighted by Crippen LogP contribution is 2.31. The van der Waals surface area contributed by atoms with Crippen molar-refractivity contribution in [3.63, 3.8) is 0 Å². The number of carbonyl (C=O) groups is 2. The highest BCUT2D eigenvalue weighted by Gasteiger charge is 2.22. The topological polar surface area (TPSA) is 87.7 Å². The smallest absolute Gasteiger partial charge is 0.252 e. The second-order valence-electron chi connectivity index (χ2n) is 12.9. The Balaban J connectivity index is 1.79. The number of ether oxygens (including phenoxy) is 2. The molecule has 0 aliphatic heterocycles. The number of rotatable bonds is 16. The predicted octanol–water partition coefficient (Wildman–Crippen LogP) is 6.57. The average Bonchev–Trinajstić information content (AvgIpc) is 2.96. The maximum atomic E-state index is 13.4. The average molecular weight is 597 g/mol. The summed E-state index contributed by atoms with van der Waals surface area (Å²) in [6.07, 6.45) is 10.7. The molecule has 0 unspecified atom stereocenters. The number of nitrogens with one attached hydrogen (secondary N) is 1. The van der Waals surface area contributed by atoms with Crippen molar-refractivity contribution in [2.75, 3.05) is 25.2 Å². The normalized spacial score (nSPS) is 15.7. The summed E-state index contributed by atoms with van der Waals surface area (Å²) >= 11 is 1.53. The van der Waals surface area contributed by atoms with Gasteiger partial charge in [0.15, 0.2) is 0 Å². The highest BCUT2D eigenvalue weighted by atomic mass is 32.2. The molecule has 1 N–H and O–H groups in total. The number of carbonyl (C=O) groups excluding carboxylic acids is 2. The molecule has 2 aromatic carbocycles. The number of aliphatic carboxylic acids is 1. The first kappa shape index (κ1) is 34.1. The Labute approximate surface area is 257 Å². The summed E-state index contributed by atoms with van der Waals surface area (Å²) in [5.41, 5.74) is 4.36. The van der Waals surface area contributed by atoms with E-state index in [-0.39, 0.29) is 11.5 Å². The standard InChI is InChI=1S/C35H51NO5S/c1-25-11-9-10-14-29(25)31-22-27(15-16-30(31)33(37)36-32(34(38)39)17-20-42-5)23-41-28(21-26-12-7-6-8-13-26)24-40-19-18-35(2,3)4/h9-11,14-16,22,26,28,32H,6-8,12-13,17-21,23-24H2,1-5H3,(H,36,37)(H,38,39)/p-1/t28-,32-/m0/s1. The zero-order valence-corrected chi connectivity index (χ0v) is 27.0. The summed E-state index contributed by atoms with van der Waals surface area (Å²) < 4.78 is 12.6. The fraction of sp³-hybridized carbons (Fsp3) is 0.600. The zero-order valence-electron chi connectivity index (χ0n) is 26.2. The highest BCUT2D eigenvalue weighted by molar-refractivity contribution is 7.98. The first-order valence-corrected chi connectivity index (χ1v) is 16.9. The largest absolute Gasteiger partial charge is 0.548 e. The third kappa shape index (κ3) is 11.4. The molecule has 3 rings (SSSR count). The summed E-state index contributed by atoms with van der Waals surface area (Å²) in [4.78, 5) is 25.1. The van der Waals surface area contributed by atoms with E-state index in [9.17, 15) is 14.7 Å². The first-order chi connectivity index (χ1) is 20.1. The predicted molar refractivity (Wildman–Crippen MR) is 171 cm³/mol. The van der Waals surface area contributed by atoms with Crippen LogP contribution in [-0.2, 0) is 20.9 Å². The van der Waals surface area contributed by atoms with Gasteiger partial charge in [-0.15, -0.1) is 0 Å². The van der Waals surface area contributed by atoms with E-state index in [2.05, 4.69) is 26.1 Å². The molecule has 7 heteroatoms. The van der Waals surface area contributed by atoms with Crippen molar-refractivity contribution in [1.29, 1.82) is 0 Å². The van der Waals surface area contributed by atoms with Gasteiger partial charge in [-0.3, -0.25) is 4.79 Å². The molecule has 0 radical (unpaired) electrons. The third-order valence-corrected chi connectivity index (χ3v) is 8.72. The van der Waals surface area contributed by atoms with Crippen molar-refractivity contribution >= 4 is 23.6 Å². The summed E-state index contributed by atoms with van der Waals surface area (Å²) in [6, 6.07) is 12.6. The molecule has 0 spiro atoms. The number of aryl methyl sites for hydroxylation is 1. The summed E-state index contributed by atoms with van der Waals surface area (Å²) in [5, 5.41) is 14.4. The second-order valence-corrected chi connectivity index (χ2v) is 13.9. The van der Waals surface area contributed by atoms with E-state index >= 15 is 0 Å². The summed E-state index contributed by atoms with van der Waals surface area (Å²) in [7, 11) is 0. The molecule has 0 saturated heterocycles. The zero-order chi connectivity index (χ0) is 30.5. The molecule has 2 atom stereocenters. The van der Waals surface area contributed by atoms with E-state index < -0.39 is 17.9 Å². The molecule has 2 aromatic rings. The molecule has 0 bridgehead atoms. The Hall–Kier alpha value is -2.35. The van der Waals surface area contributed by atoms with Crippen LogP contribution in [0, 0.1) is 18.3 Å². The van der Waals surface area contributed by atoms with Gasteiger partial charge in [-0.1, -0.05) is 83.2 Å². The number of thioether (sulfide) groups is 1. The van der Waals surface area contributed by atoms with Crippen molar-refractivity contribution < 1.29 is 24.2 Å². The lowest BCUT2D eigenvalue weighted by atomic mass is 9.85. The van der Waals surface area contributed by atoms with Crippen molar-refractivity contribution in [3.8, 4) is 11.1 Å². The molecule has 1 saturated carbocycles. The van der Waals surface area contributed by atoms with E-state index in [0.29, 0.717) is 36.9 Å². The lowest BCUT2D eigenvalue weighted by molar-refractivity contribution is -0.308. The van der Waals surface area contributed by atoms with Gasteiger partial charge in [0.2, 0.25) is 0 Å². The maximum absolute atomic E-state index is 13.4. The van der Waals surface area contributed by atoms with Crippen molar-refractivity contribution in [2.45, 2.75) is 97.8 Å². The van der Waals surface area contributed by atoms with Crippen LogP contribution in [0.25, 0.3) is 11.1 Å². The van der Waals surface area contributed by atoms with Crippen LogP contribution in [0.5, 0.6) is 0 Å². The molecule has 1 aliphatic carbocycles. The number of carboxylic acid groups (broad SMARTS) is 1. The van der Waals surface area contributed by atoms with Gasteiger partial charge < -0.3 is 24.7 Å². The van der Waals surface area contributed by atoms with Crippen molar-refractivity contribution in [2.24, 2.45) is 11.3 Å². The molecule has 6 nitrogen and oxygen atoms in total. The van der Waals surface area contributed by atoms with Crippen LogP contribution in [0.15, 0.2) is 42.5 Å². The van der Waals surface area contributed by atoms with Crippen molar-refractivity contribution in [3.05, 3.63) is 59.2 Å². The molecule has 1 fully saturated rings. The van der Waals surface area contributed by atoms with Gasteiger partial charge >= 0.3 is 0 Å². The number of carboxylic acids is 1. The van der Waals surface area contributed by atoms with Crippen LogP contribution >= 0.6 is 11.8 Å². The maximum Gasteiger partial charge on any atom is 0.252 e. The molecule has 42 heavy (non-hydrogen) atoms. The minimum atomic E-state index is -1.27. The van der Waals surface area contributed by atoms with Gasteiger partial charge in [0, 0.05) is 12.2 Å². The lowest BCUT2D eigenvalue weighted by Gasteiger charge is -2.27. The van der Waals surface area contributed by atoms with E-state index in [4.69, 9.17) is 9.47 Å². The van der Waals surface area contributed by atoms with E-state index in [1.54, 1.807) is 6.07 Å². The van der Waals surface area contributed by atoms with Crippen LogP contribution < -0.4 is 10.4 Å². The van der Waals surface area contributed by atoms with Gasteiger partial charge in [-0.05, 0) is 83.9 Å². The fourth-order valence-corrected chi connectivity index (χ4v) is 5.96. The summed E-state index contributed by atoms with van der Waals surface area (Å²) in [5.74, 6) is -0.402. The van der Waals surface area contributed by atoms with Crippen LogP contribution in [0.2, 0.25) is 0 Å². The Morgan fingerprint density at radius 1 is 1.07 bits per heavy atom. The van der Waals surface area contributed by atoms with Gasteiger partial charge in [0.05, 0.1) is 31.3 Å². The molecular weight excluding hydrogens is 546 g/mol. The van der Waals surface area contributed by atoms with Gasteiger partial charge in [-0.25, -0.2) is 0 Å². The van der Waals surface area contributed by atoms with Crippen LogP contribution in [0.4, 0.5) is 0 Å². The third-order valence-electron chi connectivity index (χ3n) is 8.07. The Morgan fingerprint density at radius 3 is 2.48 bits per heavy atom. The van der Waals surface area contributed by atoms with Crippen LogP contribution in [-0.4, -0.2) is 49.2 Å². The lowest BCUT2D eigenvalue weighted by Crippen LogP contribution is -2.48. The van der Waals surface area contributed by atoms with Gasteiger partial charge in [-0.2, -0.15) is 11.8 Å². The summed E-state index contributed by atoms with van der Waals surface area (Å²) in [6.45, 7) is 10.4.